The number of aliphatic carboxylic acids is 1. The number of likely N-dealkylation sites (tertiary alicyclic amines) is 1. The van der Waals surface area contributed by atoms with Crippen molar-refractivity contribution >= 4 is 11.9 Å². The number of carboxylic acid groups (broad SMARTS) is 1. The second-order valence-corrected chi connectivity index (χ2v) is 4.12. The minimum absolute atomic E-state index is 0.0393. The van der Waals surface area contributed by atoms with Crippen LogP contribution in [0.3, 0.4) is 0 Å². The fraction of sp³-hybridized carbons (Fsp3) is 0.800. The van der Waals surface area contributed by atoms with Gasteiger partial charge in [-0.1, -0.05) is 13.8 Å². The summed E-state index contributed by atoms with van der Waals surface area (Å²) in [5, 5.41) is 8.84. The average Bonchev–Trinajstić information content (AvgIpc) is 2.16. The third kappa shape index (κ3) is 2.47. The molecule has 1 aliphatic heterocycles. The van der Waals surface area contributed by atoms with Gasteiger partial charge in [-0.05, 0) is 12.8 Å². The predicted molar refractivity (Wildman–Crippen MR) is 51.8 cm³/mol. The summed E-state index contributed by atoms with van der Waals surface area (Å²) < 4.78 is 0. The van der Waals surface area contributed by atoms with Crippen molar-refractivity contribution in [2.24, 2.45) is 11.8 Å². The van der Waals surface area contributed by atoms with Gasteiger partial charge in [-0.25, -0.2) is 0 Å². The molecule has 4 heteroatoms. The second kappa shape index (κ2) is 4.44. The van der Waals surface area contributed by atoms with Crippen LogP contribution in [0.25, 0.3) is 0 Å². The van der Waals surface area contributed by atoms with Crippen molar-refractivity contribution in [2.45, 2.75) is 26.7 Å². The third-order valence-electron chi connectivity index (χ3n) is 2.58. The van der Waals surface area contributed by atoms with Gasteiger partial charge >= 0.3 is 5.97 Å². The summed E-state index contributed by atoms with van der Waals surface area (Å²) in [5.74, 6) is -1.13. The lowest BCUT2D eigenvalue weighted by molar-refractivity contribution is -0.146. The molecule has 0 spiro atoms. The molecule has 1 unspecified atom stereocenters. The standard InChI is InChI=1S/C10H17NO3/c1-7(2)9(12)11-5-3-4-8(6-11)10(13)14/h7-8H,3-6H2,1-2H3,(H,13,14). The van der Waals surface area contributed by atoms with E-state index in [1.807, 2.05) is 13.8 Å². The topological polar surface area (TPSA) is 57.6 Å². The largest absolute Gasteiger partial charge is 0.481 e. The Morgan fingerprint density at radius 3 is 2.57 bits per heavy atom. The maximum atomic E-state index is 11.6. The van der Waals surface area contributed by atoms with Gasteiger partial charge in [0.25, 0.3) is 0 Å². The van der Waals surface area contributed by atoms with Gasteiger partial charge in [-0.2, -0.15) is 0 Å². The molecule has 0 aliphatic carbocycles. The minimum Gasteiger partial charge on any atom is -0.481 e. The van der Waals surface area contributed by atoms with Crippen LogP contribution in [0.5, 0.6) is 0 Å². The summed E-state index contributed by atoms with van der Waals surface area (Å²) in [6.45, 7) is 4.77. The van der Waals surface area contributed by atoms with Crippen LogP contribution in [0, 0.1) is 11.8 Å². The van der Waals surface area contributed by atoms with Crippen LogP contribution in [0.15, 0.2) is 0 Å². The molecule has 1 amide bonds. The first-order valence-electron chi connectivity index (χ1n) is 5.04. The van der Waals surface area contributed by atoms with Gasteiger partial charge in [0.2, 0.25) is 5.91 Å². The minimum atomic E-state index is -0.786. The fourth-order valence-corrected chi connectivity index (χ4v) is 1.74. The molecule has 1 atom stereocenters. The van der Waals surface area contributed by atoms with E-state index in [0.717, 1.165) is 6.42 Å². The maximum Gasteiger partial charge on any atom is 0.308 e. The molecule has 14 heavy (non-hydrogen) atoms. The molecule has 4 nitrogen and oxygen atoms in total. The number of carbonyl (C=O) groups is 2. The zero-order chi connectivity index (χ0) is 10.7. The molecule has 0 aromatic rings. The van der Waals surface area contributed by atoms with Crippen molar-refractivity contribution < 1.29 is 14.7 Å². The van der Waals surface area contributed by atoms with Crippen LogP contribution in [0.4, 0.5) is 0 Å². The highest BCUT2D eigenvalue weighted by Gasteiger charge is 2.28. The van der Waals surface area contributed by atoms with E-state index >= 15 is 0 Å². The van der Waals surface area contributed by atoms with Crippen molar-refractivity contribution in [2.75, 3.05) is 13.1 Å². The summed E-state index contributed by atoms with van der Waals surface area (Å²) >= 11 is 0. The molecule has 1 saturated heterocycles. The van der Waals surface area contributed by atoms with E-state index in [1.165, 1.54) is 0 Å². The molecule has 0 saturated carbocycles. The van der Waals surface area contributed by atoms with Crippen molar-refractivity contribution in [3.8, 4) is 0 Å². The Morgan fingerprint density at radius 1 is 1.43 bits per heavy atom. The van der Waals surface area contributed by atoms with E-state index in [4.69, 9.17) is 5.11 Å². The Bertz CT molecular complexity index is 238. The van der Waals surface area contributed by atoms with Crippen LogP contribution in [-0.4, -0.2) is 35.0 Å². The quantitative estimate of drug-likeness (QED) is 0.720. The number of piperidine rings is 1. The summed E-state index contributed by atoms with van der Waals surface area (Å²) in [4.78, 5) is 24.0. The number of rotatable bonds is 2. The van der Waals surface area contributed by atoms with E-state index in [1.54, 1.807) is 4.90 Å². The van der Waals surface area contributed by atoms with Crippen LogP contribution < -0.4 is 0 Å². The Balaban J connectivity index is 2.56. The van der Waals surface area contributed by atoms with E-state index in [9.17, 15) is 9.59 Å². The van der Waals surface area contributed by atoms with E-state index in [2.05, 4.69) is 0 Å². The number of nitrogens with zero attached hydrogens (tertiary/aromatic N) is 1. The van der Waals surface area contributed by atoms with Crippen LogP contribution in [0.1, 0.15) is 26.7 Å². The molecule has 1 N–H and O–H groups in total. The van der Waals surface area contributed by atoms with Crippen molar-refractivity contribution in [3.05, 3.63) is 0 Å². The summed E-state index contributed by atoms with van der Waals surface area (Å²) in [7, 11) is 0. The van der Waals surface area contributed by atoms with Gasteiger partial charge in [0.15, 0.2) is 0 Å². The number of amides is 1. The van der Waals surface area contributed by atoms with Crippen LogP contribution in [-0.2, 0) is 9.59 Å². The van der Waals surface area contributed by atoms with E-state index < -0.39 is 5.97 Å². The highest BCUT2D eigenvalue weighted by Crippen LogP contribution is 2.18. The molecule has 80 valence electrons. The zero-order valence-corrected chi connectivity index (χ0v) is 8.69. The average molecular weight is 199 g/mol. The van der Waals surface area contributed by atoms with E-state index in [-0.39, 0.29) is 17.7 Å². The lowest BCUT2D eigenvalue weighted by Crippen LogP contribution is -2.43. The molecular weight excluding hydrogens is 182 g/mol. The maximum absolute atomic E-state index is 11.6. The van der Waals surface area contributed by atoms with Crippen molar-refractivity contribution in [1.82, 2.24) is 4.90 Å². The zero-order valence-electron chi connectivity index (χ0n) is 8.69. The monoisotopic (exact) mass is 199 g/mol. The highest BCUT2D eigenvalue weighted by molar-refractivity contribution is 5.79. The molecule has 1 rings (SSSR count). The van der Waals surface area contributed by atoms with Crippen molar-refractivity contribution in [1.29, 1.82) is 0 Å². The lowest BCUT2D eigenvalue weighted by Gasteiger charge is -2.31. The van der Waals surface area contributed by atoms with Gasteiger partial charge in [0.05, 0.1) is 5.92 Å². The lowest BCUT2D eigenvalue weighted by atomic mass is 9.97. The Morgan fingerprint density at radius 2 is 2.07 bits per heavy atom. The number of hydrogen-bond acceptors (Lipinski definition) is 2. The summed E-state index contributed by atoms with van der Waals surface area (Å²) in [6.07, 6.45) is 1.49. The fourth-order valence-electron chi connectivity index (χ4n) is 1.74. The van der Waals surface area contributed by atoms with E-state index in [0.29, 0.717) is 19.5 Å². The first-order chi connectivity index (χ1) is 6.52. The molecule has 1 aliphatic rings. The van der Waals surface area contributed by atoms with Gasteiger partial charge in [-0.15, -0.1) is 0 Å². The Hall–Kier alpha value is -1.06. The molecule has 0 bridgehead atoms. The number of hydrogen-bond donors (Lipinski definition) is 1. The second-order valence-electron chi connectivity index (χ2n) is 4.12. The van der Waals surface area contributed by atoms with Crippen LogP contribution in [0.2, 0.25) is 0 Å². The van der Waals surface area contributed by atoms with Gasteiger partial charge < -0.3 is 10.0 Å². The smallest absolute Gasteiger partial charge is 0.308 e. The highest BCUT2D eigenvalue weighted by atomic mass is 16.4. The molecule has 1 fully saturated rings. The normalized spacial score (nSPS) is 22.5. The predicted octanol–water partition coefficient (Wildman–Crippen LogP) is 0.966. The molecule has 0 radical (unpaired) electrons. The first-order valence-corrected chi connectivity index (χ1v) is 5.04. The Kier molecular flexibility index (Phi) is 3.49. The SMILES string of the molecule is CC(C)C(=O)N1CCCC(C(=O)O)C1. The van der Waals surface area contributed by atoms with Gasteiger partial charge in [-0.3, -0.25) is 9.59 Å². The van der Waals surface area contributed by atoms with Crippen molar-refractivity contribution in [3.63, 3.8) is 0 Å². The molecule has 0 aromatic carbocycles. The number of carbonyl (C=O) groups excluding carboxylic acids is 1. The van der Waals surface area contributed by atoms with Gasteiger partial charge in [0, 0.05) is 19.0 Å². The third-order valence-corrected chi connectivity index (χ3v) is 2.58. The molecule has 1 heterocycles. The summed E-state index contributed by atoms with van der Waals surface area (Å²) in [5.41, 5.74) is 0. The Labute approximate surface area is 83.9 Å². The first kappa shape index (κ1) is 11.0. The number of carboxylic acids is 1. The molecule has 0 aromatic heterocycles. The molecular formula is C10H17NO3. The van der Waals surface area contributed by atoms with Crippen LogP contribution >= 0.6 is 0 Å². The summed E-state index contributed by atoms with van der Waals surface area (Å²) in [6, 6.07) is 0. The van der Waals surface area contributed by atoms with Gasteiger partial charge in [0.1, 0.15) is 0 Å².